The Hall–Kier alpha value is -2.67. The molecule has 1 fully saturated rings. The summed E-state index contributed by atoms with van der Waals surface area (Å²) >= 11 is 6.15. The lowest BCUT2D eigenvalue weighted by molar-refractivity contribution is 0.0570. The summed E-state index contributed by atoms with van der Waals surface area (Å²) in [6, 6.07) is 7.28. The minimum Gasteiger partial charge on any atom is -0.450 e. The smallest absolute Gasteiger partial charge is 0.409 e. The third-order valence-electron chi connectivity index (χ3n) is 4.11. The van der Waals surface area contributed by atoms with Gasteiger partial charge in [0.2, 0.25) is 0 Å². The Kier molecular flexibility index (Phi) is 5.68. The first-order chi connectivity index (χ1) is 12.6. The monoisotopic (exact) mass is 374 g/mol. The summed E-state index contributed by atoms with van der Waals surface area (Å²) in [4.78, 5) is 36.1. The first-order valence-electron chi connectivity index (χ1n) is 8.38. The van der Waals surface area contributed by atoms with Crippen molar-refractivity contribution in [1.82, 2.24) is 19.8 Å². The Labute approximate surface area is 156 Å². The highest BCUT2D eigenvalue weighted by atomic mass is 35.5. The average Bonchev–Trinajstić information content (AvgIpc) is 2.68. The zero-order chi connectivity index (χ0) is 18.5. The lowest BCUT2D eigenvalue weighted by Crippen LogP contribution is -2.50. The van der Waals surface area contributed by atoms with Crippen LogP contribution in [0.3, 0.4) is 0 Å². The van der Waals surface area contributed by atoms with Crippen LogP contribution in [0.2, 0.25) is 5.02 Å². The van der Waals surface area contributed by atoms with Crippen molar-refractivity contribution >= 4 is 23.6 Å². The molecule has 0 spiro atoms. The first-order valence-corrected chi connectivity index (χ1v) is 8.76. The van der Waals surface area contributed by atoms with Gasteiger partial charge >= 0.3 is 6.09 Å². The van der Waals surface area contributed by atoms with Gasteiger partial charge < -0.3 is 14.5 Å². The summed E-state index contributed by atoms with van der Waals surface area (Å²) in [6.45, 7) is 3.90. The summed E-state index contributed by atoms with van der Waals surface area (Å²) in [5, 5.41) is 0.557. The molecule has 0 aliphatic carbocycles. The third kappa shape index (κ3) is 3.94. The molecule has 1 aliphatic heterocycles. The number of carbonyl (C=O) groups is 2. The highest BCUT2D eigenvalue weighted by Gasteiger charge is 2.25. The van der Waals surface area contributed by atoms with E-state index >= 15 is 0 Å². The van der Waals surface area contributed by atoms with Crippen molar-refractivity contribution in [3.8, 4) is 11.4 Å². The molecule has 0 radical (unpaired) electrons. The molecule has 0 saturated carbocycles. The molecule has 26 heavy (non-hydrogen) atoms. The fourth-order valence-electron chi connectivity index (χ4n) is 2.71. The van der Waals surface area contributed by atoms with E-state index in [9.17, 15) is 9.59 Å². The van der Waals surface area contributed by atoms with Crippen molar-refractivity contribution < 1.29 is 14.3 Å². The van der Waals surface area contributed by atoms with Crippen molar-refractivity contribution in [2.45, 2.75) is 6.92 Å². The van der Waals surface area contributed by atoms with Crippen LogP contribution in [0.4, 0.5) is 4.79 Å². The van der Waals surface area contributed by atoms with Gasteiger partial charge in [0, 0.05) is 44.1 Å². The largest absolute Gasteiger partial charge is 0.450 e. The molecule has 0 N–H and O–H groups in total. The topological polar surface area (TPSA) is 75.6 Å². The zero-order valence-corrected chi connectivity index (χ0v) is 15.1. The van der Waals surface area contributed by atoms with Crippen LogP contribution in [0.25, 0.3) is 11.4 Å². The number of ether oxygens (including phenoxy) is 1. The number of hydrogen-bond acceptors (Lipinski definition) is 5. The van der Waals surface area contributed by atoms with Gasteiger partial charge in [0.25, 0.3) is 5.91 Å². The number of nitrogens with zero attached hydrogens (tertiary/aromatic N) is 4. The minimum absolute atomic E-state index is 0.154. The molecule has 1 saturated heterocycles. The lowest BCUT2D eigenvalue weighted by Gasteiger charge is -2.33. The van der Waals surface area contributed by atoms with Crippen molar-refractivity contribution in [2.24, 2.45) is 0 Å². The van der Waals surface area contributed by atoms with E-state index < -0.39 is 0 Å². The van der Waals surface area contributed by atoms with Crippen LogP contribution in [0.15, 0.2) is 36.7 Å². The van der Waals surface area contributed by atoms with E-state index in [1.165, 1.54) is 12.4 Å². The van der Waals surface area contributed by atoms with Gasteiger partial charge in [-0.15, -0.1) is 0 Å². The van der Waals surface area contributed by atoms with E-state index in [4.69, 9.17) is 16.3 Å². The Bertz CT molecular complexity index is 789. The van der Waals surface area contributed by atoms with Crippen LogP contribution in [0, 0.1) is 0 Å². The Morgan fingerprint density at radius 1 is 1.08 bits per heavy atom. The van der Waals surface area contributed by atoms with Gasteiger partial charge in [-0.05, 0) is 19.1 Å². The highest BCUT2D eigenvalue weighted by molar-refractivity contribution is 6.33. The number of hydrogen-bond donors (Lipinski definition) is 0. The molecule has 0 unspecified atom stereocenters. The van der Waals surface area contributed by atoms with Gasteiger partial charge in [0.1, 0.15) is 0 Å². The van der Waals surface area contributed by atoms with Crippen LogP contribution in [0.5, 0.6) is 0 Å². The molecule has 1 aromatic carbocycles. The molecule has 0 bridgehead atoms. The van der Waals surface area contributed by atoms with E-state index in [1.54, 1.807) is 22.8 Å². The summed E-state index contributed by atoms with van der Waals surface area (Å²) in [7, 11) is 0. The molecule has 8 heteroatoms. The standard InChI is InChI=1S/C18H19ClN4O3/c1-2-26-18(25)23-9-7-22(8-10-23)17(24)13-11-20-16(21-12-13)14-5-3-4-6-15(14)19/h3-6,11-12H,2,7-10H2,1H3. The van der Waals surface area contributed by atoms with Gasteiger partial charge in [-0.1, -0.05) is 23.7 Å². The van der Waals surface area contributed by atoms with Crippen LogP contribution in [-0.4, -0.2) is 64.6 Å². The number of piperazine rings is 1. The third-order valence-corrected chi connectivity index (χ3v) is 4.44. The number of amides is 2. The molecule has 1 aliphatic rings. The Balaban J connectivity index is 1.64. The summed E-state index contributed by atoms with van der Waals surface area (Å²) in [6.07, 6.45) is 2.67. The summed E-state index contributed by atoms with van der Waals surface area (Å²) in [5.41, 5.74) is 1.13. The maximum absolute atomic E-state index is 12.6. The predicted octanol–water partition coefficient (Wildman–Crippen LogP) is 2.71. The minimum atomic E-state index is -0.341. The number of rotatable bonds is 3. The quantitative estimate of drug-likeness (QED) is 0.825. The fraction of sp³-hybridized carbons (Fsp3) is 0.333. The normalized spacial score (nSPS) is 14.2. The molecular weight excluding hydrogens is 356 g/mol. The summed E-state index contributed by atoms with van der Waals surface area (Å²) in [5.74, 6) is 0.318. The predicted molar refractivity (Wildman–Crippen MR) is 97.0 cm³/mol. The number of benzene rings is 1. The van der Waals surface area contributed by atoms with Gasteiger partial charge in [0.05, 0.1) is 17.2 Å². The highest BCUT2D eigenvalue weighted by Crippen LogP contribution is 2.24. The van der Waals surface area contributed by atoms with Crippen LogP contribution in [-0.2, 0) is 4.74 Å². The maximum Gasteiger partial charge on any atom is 0.409 e. The number of aromatic nitrogens is 2. The summed E-state index contributed by atoms with van der Waals surface area (Å²) < 4.78 is 4.98. The first kappa shape index (κ1) is 18.1. The second-order valence-electron chi connectivity index (χ2n) is 5.75. The van der Waals surface area contributed by atoms with E-state index in [-0.39, 0.29) is 12.0 Å². The van der Waals surface area contributed by atoms with E-state index in [0.717, 1.165) is 5.56 Å². The van der Waals surface area contributed by atoms with Crippen molar-refractivity contribution in [3.63, 3.8) is 0 Å². The molecule has 1 aromatic heterocycles. The van der Waals surface area contributed by atoms with Crippen LogP contribution >= 0.6 is 11.6 Å². The zero-order valence-electron chi connectivity index (χ0n) is 14.4. The van der Waals surface area contributed by atoms with E-state index in [0.29, 0.717) is 49.2 Å². The number of carbonyl (C=O) groups excluding carboxylic acids is 2. The van der Waals surface area contributed by atoms with Crippen LogP contribution < -0.4 is 0 Å². The van der Waals surface area contributed by atoms with Crippen molar-refractivity contribution in [2.75, 3.05) is 32.8 Å². The average molecular weight is 375 g/mol. The van der Waals surface area contributed by atoms with Gasteiger partial charge in [-0.2, -0.15) is 0 Å². The molecule has 2 amide bonds. The lowest BCUT2D eigenvalue weighted by atomic mass is 10.2. The molecule has 3 rings (SSSR count). The molecule has 7 nitrogen and oxygen atoms in total. The van der Waals surface area contributed by atoms with E-state index in [1.807, 2.05) is 18.2 Å². The Morgan fingerprint density at radius 3 is 2.31 bits per heavy atom. The maximum atomic E-state index is 12.6. The van der Waals surface area contributed by atoms with Gasteiger partial charge in [-0.3, -0.25) is 4.79 Å². The van der Waals surface area contributed by atoms with Crippen molar-refractivity contribution in [1.29, 1.82) is 0 Å². The number of halogens is 1. The van der Waals surface area contributed by atoms with Gasteiger partial charge in [0.15, 0.2) is 5.82 Å². The molecule has 2 heterocycles. The van der Waals surface area contributed by atoms with Gasteiger partial charge in [-0.25, -0.2) is 14.8 Å². The van der Waals surface area contributed by atoms with Crippen molar-refractivity contribution in [3.05, 3.63) is 47.2 Å². The molecule has 0 atom stereocenters. The van der Waals surface area contributed by atoms with E-state index in [2.05, 4.69) is 9.97 Å². The fourth-order valence-corrected chi connectivity index (χ4v) is 2.93. The Morgan fingerprint density at radius 2 is 1.69 bits per heavy atom. The molecule has 2 aromatic rings. The second kappa shape index (κ2) is 8.14. The second-order valence-corrected chi connectivity index (χ2v) is 6.16. The molecular formula is C18H19ClN4O3. The van der Waals surface area contributed by atoms with Crippen LogP contribution in [0.1, 0.15) is 17.3 Å². The molecule has 136 valence electrons. The SMILES string of the molecule is CCOC(=O)N1CCN(C(=O)c2cnc(-c3ccccc3Cl)nc2)CC1.